The molecule has 2 N–H and O–H groups in total. The molecule has 0 spiro atoms. The zero-order chi connectivity index (χ0) is 12.8. The molecule has 0 bridgehead atoms. The molecule has 1 aromatic heterocycles. The Bertz CT molecular complexity index is 565. The second kappa shape index (κ2) is 3.74. The van der Waals surface area contributed by atoms with Gasteiger partial charge < -0.3 is 10.0 Å². The molecule has 0 aliphatic rings. The van der Waals surface area contributed by atoms with Crippen LogP contribution in [0.5, 0.6) is 0 Å². The van der Waals surface area contributed by atoms with Crippen molar-refractivity contribution in [3.05, 3.63) is 23.9 Å². The van der Waals surface area contributed by atoms with Gasteiger partial charge in [0.2, 0.25) is 0 Å². The molecule has 0 atom stereocenters. The lowest BCUT2D eigenvalue weighted by Gasteiger charge is -2.06. The summed E-state index contributed by atoms with van der Waals surface area (Å²) in [6.07, 6.45) is -4.63. The molecular formula is C9H8BF3N2O2. The molecule has 17 heavy (non-hydrogen) atoms. The Balaban J connectivity index is 2.86. The monoisotopic (exact) mass is 244 g/mol. The highest BCUT2D eigenvalue weighted by atomic mass is 19.4. The Morgan fingerprint density at radius 3 is 2.47 bits per heavy atom. The van der Waals surface area contributed by atoms with Gasteiger partial charge in [-0.15, -0.1) is 0 Å². The summed E-state index contributed by atoms with van der Waals surface area (Å²) in [6.45, 7) is 0. The smallest absolute Gasteiger partial charge is 0.423 e. The van der Waals surface area contributed by atoms with Gasteiger partial charge >= 0.3 is 13.3 Å². The SMILES string of the molecule is Cn1nc(C(F)(F)F)c2c(B(O)O)cccc21. The molecule has 0 aliphatic heterocycles. The molecule has 0 saturated heterocycles. The number of aryl methyl sites for hydroxylation is 1. The van der Waals surface area contributed by atoms with E-state index in [0.29, 0.717) is 0 Å². The molecule has 0 fully saturated rings. The summed E-state index contributed by atoms with van der Waals surface area (Å²) < 4.78 is 39.3. The summed E-state index contributed by atoms with van der Waals surface area (Å²) in [4.78, 5) is 0. The van der Waals surface area contributed by atoms with Crippen LogP contribution in [0.15, 0.2) is 18.2 Å². The van der Waals surface area contributed by atoms with E-state index in [4.69, 9.17) is 10.0 Å². The van der Waals surface area contributed by atoms with Gasteiger partial charge in [-0.25, -0.2) is 0 Å². The van der Waals surface area contributed by atoms with Gasteiger partial charge in [0.05, 0.1) is 5.52 Å². The Morgan fingerprint density at radius 2 is 1.94 bits per heavy atom. The maximum Gasteiger partial charge on any atom is 0.489 e. The van der Waals surface area contributed by atoms with Crippen molar-refractivity contribution in [3.63, 3.8) is 0 Å². The van der Waals surface area contributed by atoms with Crippen LogP contribution in [-0.2, 0) is 13.2 Å². The average molecular weight is 244 g/mol. The maximum atomic E-state index is 12.7. The maximum absolute atomic E-state index is 12.7. The molecule has 0 saturated carbocycles. The number of hydrogen-bond donors (Lipinski definition) is 2. The van der Waals surface area contributed by atoms with Crippen molar-refractivity contribution >= 4 is 23.5 Å². The van der Waals surface area contributed by atoms with Crippen LogP contribution in [0, 0.1) is 0 Å². The van der Waals surface area contributed by atoms with Gasteiger partial charge in [0.1, 0.15) is 0 Å². The second-order valence-corrected chi connectivity index (χ2v) is 3.59. The van der Waals surface area contributed by atoms with E-state index in [-0.39, 0.29) is 16.4 Å². The van der Waals surface area contributed by atoms with Gasteiger partial charge in [0.15, 0.2) is 5.69 Å². The third kappa shape index (κ3) is 1.89. The molecule has 1 aromatic carbocycles. The van der Waals surface area contributed by atoms with Gasteiger partial charge in [-0.05, 0) is 11.5 Å². The molecule has 0 amide bonds. The second-order valence-electron chi connectivity index (χ2n) is 3.59. The summed E-state index contributed by atoms with van der Waals surface area (Å²) in [5.41, 5.74) is -1.12. The lowest BCUT2D eigenvalue weighted by atomic mass is 9.77. The first kappa shape index (κ1) is 11.9. The fraction of sp³-hybridized carbons (Fsp3) is 0.222. The van der Waals surface area contributed by atoms with E-state index in [0.717, 1.165) is 4.68 Å². The van der Waals surface area contributed by atoms with Crippen LogP contribution < -0.4 is 5.46 Å². The third-order valence-electron chi connectivity index (χ3n) is 2.46. The molecular weight excluding hydrogens is 236 g/mol. The minimum absolute atomic E-state index is 0.197. The predicted molar refractivity (Wildman–Crippen MR) is 55.5 cm³/mol. The zero-order valence-corrected chi connectivity index (χ0v) is 8.73. The summed E-state index contributed by atoms with van der Waals surface area (Å²) in [6, 6.07) is 4.10. The number of aromatic nitrogens is 2. The lowest BCUT2D eigenvalue weighted by Crippen LogP contribution is -2.31. The molecule has 8 heteroatoms. The number of nitrogens with zero attached hydrogens (tertiary/aromatic N) is 2. The zero-order valence-electron chi connectivity index (χ0n) is 8.73. The van der Waals surface area contributed by atoms with Crippen molar-refractivity contribution in [2.24, 2.45) is 7.05 Å². The number of alkyl halides is 3. The van der Waals surface area contributed by atoms with Crippen molar-refractivity contribution < 1.29 is 23.2 Å². The minimum atomic E-state index is -4.63. The minimum Gasteiger partial charge on any atom is -0.423 e. The standard InChI is InChI=1S/C9H8BF3N2O2/c1-15-6-4-2-3-5(10(16)17)7(6)8(14-15)9(11,12)13/h2-4,16-17H,1H3. The van der Waals surface area contributed by atoms with Crippen LogP contribution in [-0.4, -0.2) is 26.9 Å². The van der Waals surface area contributed by atoms with Gasteiger partial charge in [0, 0.05) is 12.4 Å². The Kier molecular flexibility index (Phi) is 2.63. The average Bonchev–Trinajstić information content (AvgIpc) is 2.56. The van der Waals surface area contributed by atoms with Gasteiger partial charge in [-0.2, -0.15) is 18.3 Å². The molecule has 2 aromatic rings. The number of fused-ring (bicyclic) bond motifs is 1. The molecule has 90 valence electrons. The molecule has 1 heterocycles. The normalized spacial score (nSPS) is 12.1. The van der Waals surface area contributed by atoms with Crippen molar-refractivity contribution in [1.29, 1.82) is 0 Å². The van der Waals surface area contributed by atoms with E-state index >= 15 is 0 Å². The number of hydrogen-bond acceptors (Lipinski definition) is 3. The molecule has 2 rings (SSSR count). The highest BCUT2D eigenvalue weighted by Crippen LogP contribution is 2.32. The largest absolute Gasteiger partial charge is 0.489 e. The fourth-order valence-electron chi connectivity index (χ4n) is 1.75. The summed E-state index contributed by atoms with van der Waals surface area (Å²) >= 11 is 0. The van der Waals surface area contributed by atoms with E-state index in [2.05, 4.69) is 5.10 Å². The predicted octanol–water partition coefficient (Wildman–Crippen LogP) is 0.272. The molecule has 0 unspecified atom stereocenters. The summed E-state index contributed by atoms with van der Waals surface area (Å²) in [5.74, 6) is 0. The topological polar surface area (TPSA) is 58.3 Å². The van der Waals surface area contributed by atoms with Crippen LogP contribution in [0.25, 0.3) is 10.9 Å². The van der Waals surface area contributed by atoms with E-state index in [9.17, 15) is 13.2 Å². The first-order valence-electron chi connectivity index (χ1n) is 4.71. The van der Waals surface area contributed by atoms with Crippen molar-refractivity contribution in [3.8, 4) is 0 Å². The van der Waals surface area contributed by atoms with E-state index in [1.807, 2.05) is 0 Å². The van der Waals surface area contributed by atoms with Crippen molar-refractivity contribution in [2.45, 2.75) is 6.18 Å². The van der Waals surface area contributed by atoms with E-state index in [1.54, 1.807) is 0 Å². The Labute approximate surface area is 94.4 Å². The van der Waals surface area contributed by atoms with E-state index < -0.39 is 19.0 Å². The van der Waals surface area contributed by atoms with Gasteiger partial charge in [-0.1, -0.05) is 12.1 Å². The van der Waals surface area contributed by atoms with Gasteiger partial charge in [0.25, 0.3) is 0 Å². The molecule has 0 radical (unpaired) electrons. The summed E-state index contributed by atoms with van der Waals surface area (Å²) in [5, 5.41) is 21.2. The third-order valence-corrected chi connectivity index (χ3v) is 2.46. The van der Waals surface area contributed by atoms with Crippen LogP contribution in [0.4, 0.5) is 13.2 Å². The van der Waals surface area contributed by atoms with E-state index in [1.165, 1.54) is 25.2 Å². The number of halogens is 3. The highest BCUT2D eigenvalue weighted by molar-refractivity contribution is 6.62. The number of benzene rings is 1. The Morgan fingerprint density at radius 1 is 1.29 bits per heavy atom. The first-order valence-corrected chi connectivity index (χ1v) is 4.71. The lowest BCUT2D eigenvalue weighted by molar-refractivity contribution is -0.140. The molecule has 4 nitrogen and oxygen atoms in total. The van der Waals surface area contributed by atoms with Crippen molar-refractivity contribution in [2.75, 3.05) is 0 Å². The highest BCUT2D eigenvalue weighted by Gasteiger charge is 2.38. The van der Waals surface area contributed by atoms with Crippen molar-refractivity contribution in [1.82, 2.24) is 9.78 Å². The van der Waals surface area contributed by atoms with Crippen LogP contribution in [0.1, 0.15) is 5.69 Å². The molecule has 0 aliphatic carbocycles. The van der Waals surface area contributed by atoms with Gasteiger partial charge in [-0.3, -0.25) is 4.68 Å². The Hall–Kier alpha value is -1.54. The fourth-order valence-corrected chi connectivity index (χ4v) is 1.75. The quantitative estimate of drug-likeness (QED) is 0.708. The van der Waals surface area contributed by atoms with Crippen LogP contribution in [0.3, 0.4) is 0 Å². The van der Waals surface area contributed by atoms with Crippen LogP contribution in [0.2, 0.25) is 0 Å². The first-order chi connectivity index (χ1) is 7.82. The van der Waals surface area contributed by atoms with Crippen LogP contribution >= 0.6 is 0 Å². The summed E-state index contributed by atoms with van der Waals surface area (Å²) in [7, 11) is -0.602. The number of rotatable bonds is 1.